The average Bonchev–Trinajstić information content (AvgIpc) is 2.67. The fourth-order valence-corrected chi connectivity index (χ4v) is 2.03. The fourth-order valence-electron chi connectivity index (χ4n) is 2.03. The van der Waals surface area contributed by atoms with Crippen molar-refractivity contribution in [2.45, 2.75) is 60.5 Å². The number of ether oxygens (including phenoxy) is 2. The van der Waals surface area contributed by atoms with E-state index >= 15 is 0 Å². The molecule has 1 heterocycles. The third-order valence-corrected chi connectivity index (χ3v) is 3.32. The van der Waals surface area contributed by atoms with Crippen molar-refractivity contribution in [3.8, 4) is 5.75 Å². The fraction of sp³-hybridized carbons (Fsp3) is 0.650. The first-order valence-corrected chi connectivity index (χ1v) is 9.14. The van der Waals surface area contributed by atoms with Crippen LogP contribution in [0.5, 0.6) is 5.75 Å². The van der Waals surface area contributed by atoms with E-state index in [2.05, 4.69) is 16.6 Å². The lowest BCUT2D eigenvalue weighted by molar-refractivity contribution is -0.137. The molecule has 0 aliphatic carbocycles. The zero-order valence-corrected chi connectivity index (χ0v) is 16.7. The van der Waals surface area contributed by atoms with Gasteiger partial charge in [0.15, 0.2) is 0 Å². The van der Waals surface area contributed by atoms with Gasteiger partial charge in [-0.1, -0.05) is 52.8 Å². The second-order valence-electron chi connectivity index (χ2n) is 4.76. The quantitative estimate of drug-likeness (QED) is 0.743. The predicted molar refractivity (Wildman–Crippen MR) is 103 cm³/mol. The van der Waals surface area contributed by atoms with Crippen molar-refractivity contribution in [2.24, 2.45) is 0 Å². The predicted octanol–water partition coefficient (Wildman–Crippen LogP) is 4.78. The largest absolute Gasteiger partial charge is 0.490 e. The second-order valence-corrected chi connectivity index (χ2v) is 4.76. The van der Waals surface area contributed by atoms with E-state index in [9.17, 15) is 4.79 Å². The second kappa shape index (κ2) is 17.8. The van der Waals surface area contributed by atoms with E-state index in [1.165, 1.54) is 27.1 Å². The van der Waals surface area contributed by atoms with Gasteiger partial charge in [0.05, 0.1) is 7.11 Å². The summed E-state index contributed by atoms with van der Waals surface area (Å²) in [6.45, 7) is 15.1. The average molecular weight is 340 g/mol. The van der Waals surface area contributed by atoms with Crippen LogP contribution in [0.4, 0.5) is 0 Å². The Bertz CT molecular complexity index is 374. The number of carbonyl (C=O) groups excluding carboxylic acids is 1. The first kappa shape index (κ1) is 24.7. The molecule has 0 aromatic heterocycles. The molecule has 1 aromatic rings. The minimum Gasteiger partial charge on any atom is -0.490 e. The molecule has 0 spiro atoms. The summed E-state index contributed by atoms with van der Waals surface area (Å²) in [4.78, 5) is 12.1. The Balaban J connectivity index is 0. The summed E-state index contributed by atoms with van der Waals surface area (Å²) in [5.74, 6) is 0.762. The highest BCUT2D eigenvalue weighted by Gasteiger charge is 2.18. The van der Waals surface area contributed by atoms with Gasteiger partial charge in [0.2, 0.25) is 0 Å². The number of hydrogen-bond acceptors (Lipinski definition) is 4. The van der Waals surface area contributed by atoms with E-state index in [1.54, 1.807) is 0 Å². The topological polar surface area (TPSA) is 38.8 Å². The summed E-state index contributed by atoms with van der Waals surface area (Å²) in [5.41, 5.74) is 0. The third kappa shape index (κ3) is 12.9. The molecule has 0 amide bonds. The number of rotatable bonds is 3. The molecule has 0 unspecified atom stereocenters. The van der Waals surface area contributed by atoms with Crippen LogP contribution in [0.25, 0.3) is 0 Å². The standard InChI is InChI=1S/C13H19NO.C3H6O2.2C2H6/c1-2-14-10-8-13(9-11-14)15-12-6-4-3-5-7-12;1-3(4)5-2;2*1-2/h3-7,13H,2,8-11H2,1H3;1-2H3;2*1-2H3. The molecule has 1 aliphatic rings. The van der Waals surface area contributed by atoms with Gasteiger partial charge in [-0.25, -0.2) is 0 Å². The molecule has 0 atom stereocenters. The monoisotopic (exact) mass is 339 g/mol. The maximum Gasteiger partial charge on any atom is 0.302 e. The van der Waals surface area contributed by atoms with Crippen molar-refractivity contribution in [2.75, 3.05) is 26.7 Å². The summed E-state index contributed by atoms with van der Waals surface area (Å²) < 4.78 is 10.0. The molecule has 0 bridgehead atoms. The molecule has 1 fully saturated rings. The number of piperidine rings is 1. The zero-order valence-electron chi connectivity index (χ0n) is 16.7. The molecule has 4 nitrogen and oxygen atoms in total. The highest BCUT2D eigenvalue weighted by molar-refractivity contribution is 5.65. The Morgan fingerprint density at radius 1 is 1.08 bits per heavy atom. The van der Waals surface area contributed by atoms with Crippen molar-refractivity contribution in [1.29, 1.82) is 0 Å². The van der Waals surface area contributed by atoms with Gasteiger partial charge in [-0.15, -0.1) is 0 Å². The highest BCUT2D eigenvalue weighted by atomic mass is 16.5. The summed E-state index contributed by atoms with van der Waals surface area (Å²) in [6, 6.07) is 10.1. The van der Waals surface area contributed by atoms with Crippen LogP contribution in [0.1, 0.15) is 54.4 Å². The number of nitrogens with zero attached hydrogens (tertiary/aromatic N) is 1. The summed E-state index contributed by atoms with van der Waals surface area (Å²) in [5, 5.41) is 0. The zero-order chi connectivity index (χ0) is 18.8. The molecule has 1 aromatic carbocycles. The normalized spacial score (nSPS) is 13.8. The molecule has 24 heavy (non-hydrogen) atoms. The summed E-state index contributed by atoms with van der Waals surface area (Å²) in [7, 11) is 1.35. The van der Waals surface area contributed by atoms with Gasteiger partial charge in [0, 0.05) is 20.0 Å². The van der Waals surface area contributed by atoms with E-state index in [0.29, 0.717) is 6.10 Å². The molecule has 0 N–H and O–H groups in total. The van der Waals surface area contributed by atoms with Crippen LogP contribution in [0.3, 0.4) is 0 Å². The molecule has 2 rings (SSSR count). The molecular formula is C20H37NO3. The van der Waals surface area contributed by atoms with Crippen molar-refractivity contribution in [1.82, 2.24) is 4.90 Å². The number of methoxy groups -OCH3 is 1. The number of para-hydroxylation sites is 1. The van der Waals surface area contributed by atoms with Gasteiger partial charge in [-0.05, 0) is 31.5 Å². The van der Waals surface area contributed by atoms with Crippen LogP contribution in [0.15, 0.2) is 30.3 Å². The van der Waals surface area contributed by atoms with E-state index in [0.717, 1.165) is 25.1 Å². The molecule has 0 saturated carbocycles. The van der Waals surface area contributed by atoms with Gasteiger partial charge in [0.1, 0.15) is 11.9 Å². The lowest BCUT2D eigenvalue weighted by atomic mass is 10.1. The van der Waals surface area contributed by atoms with Crippen LogP contribution in [0, 0.1) is 0 Å². The molecule has 140 valence electrons. The van der Waals surface area contributed by atoms with E-state index in [4.69, 9.17) is 4.74 Å². The molecule has 0 radical (unpaired) electrons. The first-order valence-electron chi connectivity index (χ1n) is 9.14. The van der Waals surface area contributed by atoms with Crippen molar-refractivity contribution in [3.05, 3.63) is 30.3 Å². The van der Waals surface area contributed by atoms with Crippen molar-refractivity contribution < 1.29 is 14.3 Å². The van der Waals surface area contributed by atoms with Crippen LogP contribution in [-0.2, 0) is 9.53 Å². The highest BCUT2D eigenvalue weighted by Crippen LogP contribution is 2.18. The SMILES string of the molecule is CC.CC.CCN1CCC(Oc2ccccc2)CC1.COC(C)=O. The van der Waals surface area contributed by atoms with E-state index in [-0.39, 0.29) is 5.97 Å². The van der Waals surface area contributed by atoms with Gasteiger partial charge in [-0.2, -0.15) is 0 Å². The Kier molecular flexibility index (Phi) is 18.3. The smallest absolute Gasteiger partial charge is 0.302 e. The van der Waals surface area contributed by atoms with Crippen LogP contribution in [-0.4, -0.2) is 43.7 Å². The Labute approximate surface area is 149 Å². The lowest BCUT2D eigenvalue weighted by Crippen LogP contribution is -2.37. The van der Waals surface area contributed by atoms with Gasteiger partial charge in [-0.3, -0.25) is 4.79 Å². The number of hydrogen-bond donors (Lipinski definition) is 0. The lowest BCUT2D eigenvalue weighted by Gasteiger charge is -2.31. The van der Waals surface area contributed by atoms with Gasteiger partial charge in [0.25, 0.3) is 0 Å². The maximum atomic E-state index is 9.59. The van der Waals surface area contributed by atoms with Crippen LogP contribution in [0.2, 0.25) is 0 Å². The van der Waals surface area contributed by atoms with Crippen molar-refractivity contribution in [3.63, 3.8) is 0 Å². The summed E-state index contributed by atoms with van der Waals surface area (Å²) in [6.07, 6.45) is 2.72. The minimum absolute atomic E-state index is 0.245. The minimum atomic E-state index is -0.245. The Morgan fingerprint density at radius 2 is 1.54 bits per heavy atom. The van der Waals surface area contributed by atoms with Crippen LogP contribution < -0.4 is 4.74 Å². The molecule has 1 saturated heterocycles. The Morgan fingerprint density at radius 3 is 1.92 bits per heavy atom. The van der Waals surface area contributed by atoms with Gasteiger partial charge < -0.3 is 14.4 Å². The molecular weight excluding hydrogens is 302 g/mol. The molecule has 4 heteroatoms. The van der Waals surface area contributed by atoms with Crippen LogP contribution >= 0.6 is 0 Å². The van der Waals surface area contributed by atoms with E-state index < -0.39 is 0 Å². The number of likely N-dealkylation sites (tertiary alicyclic amines) is 1. The molecule has 1 aliphatic heterocycles. The third-order valence-electron chi connectivity index (χ3n) is 3.32. The van der Waals surface area contributed by atoms with Crippen molar-refractivity contribution >= 4 is 5.97 Å². The number of carbonyl (C=O) groups is 1. The Hall–Kier alpha value is -1.55. The first-order chi connectivity index (χ1) is 11.7. The van der Waals surface area contributed by atoms with Gasteiger partial charge >= 0.3 is 5.97 Å². The maximum absolute atomic E-state index is 9.59. The number of benzene rings is 1. The van der Waals surface area contributed by atoms with E-state index in [1.807, 2.05) is 58.0 Å². The summed E-state index contributed by atoms with van der Waals surface area (Å²) >= 11 is 0. The number of esters is 1.